The number of carbonyl (C=O) groups excluding carboxylic acids is 1. The molecule has 35 heavy (non-hydrogen) atoms. The van der Waals surface area contributed by atoms with Gasteiger partial charge in [-0.1, -0.05) is 62.4 Å². The molecule has 1 aromatic heterocycles. The summed E-state index contributed by atoms with van der Waals surface area (Å²) in [5.41, 5.74) is 7.37. The minimum atomic E-state index is 0.0644. The monoisotopic (exact) mass is 464 g/mol. The summed E-state index contributed by atoms with van der Waals surface area (Å²) in [6, 6.07) is 22.8. The van der Waals surface area contributed by atoms with Gasteiger partial charge in [-0.2, -0.15) is 0 Å². The van der Waals surface area contributed by atoms with E-state index in [0.717, 1.165) is 45.6 Å². The van der Waals surface area contributed by atoms with Crippen LogP contribution in [0.5, 0.6) is 5.75 Å². The lowest BCUT2D eigenvalue weighted by molar-refractivity contribution is -0.112. The van der Waals surface area contributed by atoms with E-state index in [1.807, 2.05) is 42.2 Å². The number of hydrogen-bond donors (Lipinski definition) is 0. The number of aryl methyl sites for hydroxylation is 1. The van der Waals surface area contributed by atoms with Gasteiger partial charge in [-0.3, -0.25) is 4.79 Å². The summed E-state index contributed by atoms with van der Waals surface area (Å²) in [4.78, 5) is 15.1. The number of carbonyl (C=O) groups is 1. The first-order chi connectivity index (χ1) is 17.0. The zero-order valence-corrected chi connectivity index (χ0v) is 20.9. The van der Waals surface area contributed by atoms with Gasteiger partial charge in [0.2, 0.25) is 0 Å². The molecule has 0 N–H and O–H groups in total. The zero-order chi connectivity index (χ0) is 24.5. The van der Waals surface area contributed by atoms with Crippen LogP contribution in [0, 0.1) is 6.92 Å². The van der Waals surface area contributed by atoms with E-state index in [1.54, 1.807) is 0 Å². The molecule has 4 heteroatoms. The van der Waals surface area contributed by atoms with Crippen molar-refractivity contribution in [2.24, 2.45) is 0 Å². The van der Waals surface area contributed by atoms with Crippen LogP contribution in [0.4, 0.5) is 5.69 Å². The molecule has 1 amide bonds. The number of ether oxygens (including phenoxy) is 1. The SMILES string of the molecule is CCN1C(=O)/C(=C/c2cn(CCOc3cc(C)ccc3C(C)C)c3ccccc23)c2ccccc21. The normalized spacial score (nSPS) is 14.4. The molecule has 0 spiro atoms. The van der Waals surface area contributed by atoms with Crippen LogP contribution in [0.15, 0.2) is 72.9 Å². The van der Waals surface area contributed by atoms with Gasteiger partial charge < -0.3 is 14.2 Å². The highest BCUT2D eigenvalue weighted by molar-refractivity contribution is 6.36. The van der Waals surface area contributed by atoms with Gasteiger partial charge in [0.1, 0.15) is 12.4 Å². The lowest BCUT2D eigenvalue weighted by atomic mass is 10.0. The molecular weight excluding hydrogens is 432 g/mol. The summed E-state index contributed by atoms with van der Waals surface area (Å²) in [7, 11) is 0. The first kappa shape index (κ1) is 23.0. The highest BCUT2D eigenvalue weighted by Crippen LogP contribution is 2.38. The van der Waals surface area contributed by atoms with Crippen LogP contribution in [0.2, 0.25) is 0 Å². The van der Waals surface area contributed by atoms with Gasteiger partial charge in [-0.25, -0.2) is 0 Å². The molecule has 0 fully saturated rings. The van der Waals surface area contributed by atoms with E-state index >= 15 is 0 Å². The number of likely N-dealkylation sites (N-methyl/N-ethyl adjacent to an activating group) is 1. The van der Waals surface area contributed by atoms with Crippen molar-refractivity contribution in [1.29, 1.82) is 0 Å². The maximum absolute atomic E-state index is 13.2. The molecule has 0 bridgehead atoms. The zero-order valence-electron chi connectivity index (χ0n) is 20.9. The second kappa shape index (κ2) is 9.46. The predicted octanol–water partition coefficient (Wildman–Crippen LogP) is 7.06. The minimum absolute atomic E-state index is 0.0644. The summed E-state index contributed by atoms with van der Waals surface area (Å²) in [5, 5.41) is 1.14. The van der Waals surface area contributed by atoms with Crippen molar-refractivity contribution in [3.8, 4) is 5.75 Å². The number of anilines is 1. The summed E-state index contributed by atoms with van der Waals surface area (Å²) >= 11 is 0. The van der Waals surface area contributed by atoms with Crippen molar-refractivity contribution >= 4 is 34.1 Å². The van der Waals surface area contributed by atoms with E-state index in [0.29, 0.717) is 19.1 Å². The summed E-state index contributed by atoms with van der Waals surface area (Å²) in [6.07, 6.45) is 4.19. The van der Waals surface area contributed by atoms with Crippen molar-refractivity contribution in [2.45, 2.75) is 40.2 Å². The fourth-order valence-electron chi connectivity index (χ4n) is 4.99. The standard InChI is InChI=1S/C31H32N2O2/c1-5-33-29-13-9-7-11-26(29)27(31(33)34)19-23-20-32(28-12-8-6-10-25(23)28)16-17-35-30-18-22(4)14-15-24(30)21(2)3/h6-15,18-21H,5,16-17H2,1-4H3/b27-19+. The molecule has 0 radical (unpaired) electrons. The first-order valence-corrected chi connectivity index (χ1v) is 12.4. The van der Waals surface area contributed by atoms with Crippen molar-refractivity contribution in [3.63, 3.8) is 0 Å². The third-order valence-electron chi connectivity index (χ3n) is 6.78. The van der Waals surface area contributed by atoms with E-state index in [-0.39, 0.29) is 5.91 Å². The quantitative estimate of drug-likeness (QED) is 0.274. The van der Waals surface area contributed by atoms with Gasteiger partial charge in [-0.15, -0.1) is 0 Å². The number of rotatable bonds is 7. The van der Waals surface area contributed by atoms with Crippen LogP contribution >= 0.6 is 0 Å². The maximum Gasteiger partial charge on any atom is 0.258 e. The Hall–Kier alpha value is -3.79. The van der Waals surface area contributed by atoms with Crippen molar-refractivity contribution in [2.75, 3.05) is 18.1 Å². The second-order valence-corrected chi connectivity index (χ2v) is 9.46. The highest BCUT2D eigenvalue weighted by Gasteiger charge is 2.31. The number of para-hydroxylation sites is 2. The van der Waals surface area contributed by atoms with E-state index in [4.69, 9.17) is 4.74 Å². The van der Waals surface area contributed by atoms with Crippen LogP contribution in [-0.2, 0) is 11.3 Å². The van der Waals surface area contributed by atoms with Crippen molar-refractivity contribution < 1.29 is 9.53 Å². The summed E-state index contributed by atoms with van der Waals surface area (Å²) < 4.78 is 8.50. The topological polar surface area (TPSA) is 34.5 Å². The summed E-state index contributed by atoms with van der Waals surface area (Å²) in [6.45, 7) is 10.5. The molecule has 0 unspecified atom stereocenters. The third-order valence-corrected chi connectivity index (χ3v) is 6.78. The van der Waals surface area contributed by atoms with E-state index in [1.165, 1.54) is 11.1 Å². The molecule has 178 valence electrons. The molecule has 0 saturated carbocycles. The van der Waals surface area contributed by atoms with Crippen LogP contribution in [0.1, 0.15) is 48.9 Å². The Kier molecular flexibility index (Phi) is 6.21. The van der Waals surface area contributed by atoms with Gasteiger partial charge >= 0.3 is 0 Å². The lowest BCUT2D eigenvalue weighted by Crippen LogP contribution is -2.25. The molecule has 0 aliphatic carbocycles. The van der Waals surface area contributed by atoms with Gasteiger partial charge in [0.25, 0.3) is 5.91 Å². The highest BCUT2D eigenvalue weighted by atomic mass is 16.5. The number of benzene rings is 3. The largest absolute Gasteiger partial charge is 0.491 e. The molecule has 4 nitrogen and oxygen atoms in total. The van der Waals surface area contributed by atoms with E-state index in [2.05, 4.69) is 74.0 Å². The number of amides is 1. The Bertz CT molecular complexity index is 1430. The molecule has 4 aromatic rings. The average Bonchev–Trinajstić information content (AvgIpc) is 3.34. The Morgan fingerprint density at radius 2 is 1.77 bits per heavy atom. The third kappa shape index (κ3) is 4.25. The molecule has 2 heterocycles. The number of nitrogens with zero attached hydrogens (tertiary/aromatic N) is 2. The van der Waals surface area contributed by atoms with Gasteiger partial charge in [0, 0.05) is 40.3 Å². The van der Waals surface area contributed by atoms with Crippen molar-refractivity contribution in [3.05, 3.63) is 95.2 Å². The molecule has 3 aromatic carbocycles. The fraction of sp³-hybridized carbons (Fsp3) is 0.258. The smallest absolute Gasteiger partial charge is 0.258 e. The Morgan fingerprint density at radius 3 is 2.57 bits per heavy atom. The number of hydrogen-bond acceptors (Lipinski definition) is 2. The second-order valence-electron chi connectivity index (χ2n) is 9.46. The summed E-state index contributed by atoms with van der Waals surface area (Å²) in [5.74, 6) is 1.44. The predicted molar refractivity (Wildman–Crippen MR) is 145 cm³/mol. The molecule has 1 aliphatic rings. The maximum atomic E-state index is 13.2. The Labute approximate surface area is 207 Å². The van der Waals surface area contributed by atoms with Crippen LogP contribution < -0.4 is 9.64 Å². The molecular formula is C31H32N2O2. The van der Waals surface area contributed by atoms with Crippen LogP contribution in [0.3, 0.4) is 0 Å². The average molecular weight is 465 g/mol. The number of aromatic nitrogens is 1. The van der Waals surface area contributed by atoms with E-state index < -0.39 is 0 Å². The van der Waals surface area contributed by atoms with Gasteiger partial charge in [0.15, 0.2) is 0 Å². The molecule has 1 aliphatic heterocycles. The minimum Gasteiger partial charge on any atom is -0.491 e. The fourth-order valence-corrected chi connectivity index (χ4v) is 4.99. The van der Waals surface area contributed by atoms with Crippen LogP contribution in [0.25, 0.3) is 22.6 Å². The molecule has 0 saturated heterocycles. The first-order valence-electron chi connectivity index (χ1n) is 12.4. The number of fused-ring (bicyclic) bond motifs is 2. The van der Waals surface area contributed by atoms with Crippen LogP contribution in [-0.4, -0.2) is 23.6 Å². The van der Waals surface area contributed by atoms with Gasteiger partial charge in [-0.05, 0) is 55.2 Å². The van der Waals surface area contributed by atoms with Crippen molar-refractivity contribution in [1.82, 2.24) is 4.57 Å². The molecule has 0 atom stereocenters. The Morgan fingerprint density at radius 1 is 1.00 bits per heavy atom. The van der Waals surface area contributed by atoms with E-state index in [9.17, 15) is 4.79 Å². The van der Waals surface area contributed by atoms with Gasteiger partial charge in [0.05, 0.1) is 12.2 Å². The lowest BCUT2D eigenvalue weighted by Gasteiger charge is -2.15. The Balaban J connectivity index is 1.46. The molecule has 5 rings (SSSR count).